The molecule has 1 aliphatic carbocycles. The zero-order valence-corrected chi connectivity index (χ0v) is 8.43. The first kappa shape index (κ1) is 8.82. The first-order valence-electron chi connectivity index (χ1n) is 4.57. The van der Waals surface area contributed by atoms with Crippen molar-refractivity contribution in [3.05, 3.63) is 23.4 Å². The average Bonchev–Trinajstić information content (AvgIpc) is 2.89. The molecule has 13 heavy (non-hydrogen) atoms. The van der Waals surface area contributed by atoms with E-state index in [-0.39, 0.29) is 0 Å². The second-order valence-electron chi connectivity index (χ2n) is 3.55. The van der Waals surface area contributed by atoms with Crippen molar-refractivity contribution < 1.29 is 0 Å². The molecule has 0 bridgehead atoms. The molecule has 0 aliphatic heterocycles. The summed E-state index contributed by atoms with van der Waals surface area (Å²) in [5.41, 5.74) is 2.33. The summed E-state index contributed by atoms with van der Waals surface area (Å²) in [5, 5.41) is 3.35. The summed E-state index contributed by atoms with van der Waals surface area (Å²) in [6.45, 7) is 2.07. The van der Waals surface area contributed by atoms with Crippen molar-refractivity contribution in [3.63, 3.8) is 0 Å². The van der Waals surface area contributed by atoms with E-state index in [0.717, 1.165) is 11.4 Å². The second kappa shape index (κ2) is 3.54. The molecule has 1 fully saturated rings. The van der Waals surface area contributed by atoms with Crippen LogP contribution < -0.4 is 5.32 Å². The molecule has 2 nitrogen and oxygen atoms in total. The summed E-state index contributed by atoms with van der Waals surface area (Å²) in [7, 11) is 0. The minimum Gasteiger partial charge on any atom is -0.367 e. The van der Waals surface area contributed by atoms with Crippen molar-refractivity contribution in [2.75, 3.05) is 5.32 Å². The number of halogens is 1. The molecule has 0 radical (unpaired) electrons. The quantitative estimate of drug-likeness (QED) is 0.752. The van der Waals surface area contributed by atoms with E-state index in [1.807, 2.05) is 6.20 Å². The summed E-state index contributed by atoms with van der Waals surface area (Å²) in [6, 6.07) is 2.73. The highest BCUT2D eigenvalue weighted by Gasteiger charge is 2.21. The molecule has 0 amide bonds. The predicted octanol–water partition coefficient (Wildman–Crippen LogP) is 2.70. The van der Waals surface area contributed by atoms with Crippen LogP contribution in [0.4, 0.5) is 5.82 Å². The lowest BCUT2D eigenvalue weighted by atomic mass is 10.2. The number of nitrogens with one attached hydrogen (secondary N) is 1. The fourth-order valence-electron chi connectivity index (χ4n) is 1.24. The van der Waals surface area contributed by atoms with Crippen molar-refractivity contribution in [2.45, 2.75) is 31.7 Å². The van der Waals surface area contributed by atoms with Crippen LogP contribution in [0.3, 0.4) is 0 Å². The number of aromatic nitrogens is 1. The van der Waals surface area contributed by atoms with E-state index in [2.05, 4.69) is 23.3 Å². The van der Waals surface area contributed by atoms with Gasteiger partial charge in [0.05, 0.1) is 0 Å². The van der Waals surface area contributed by atoms with Gasteiger partial charge in [-0.05, 0) is 37.0 Å². The van der Waals surface area contributed by atoms with Gasteiger partial charge in [-0.3, -0.25) is 0 Å². The van der Waals surface area contributed by atoms with E-state index >= 15 is 0 Å². The van der Waals surface area contributed by atoms with E-state index in [0.29, 0.717) is 11.9 Å². The van der Waals surface area contributed by atoms with E-state index < -0.39 is 0 Å². The number of nitrogens with zero attached hydrogens (tertiary/aromatic N) is 1. The summed E-state index contributed by atoms with van der Waals surface area (Å²) in [5.74, 6) is 1.52. The van der Waals surface area contributed by atoms with Gasteiger partial charge in [0, 0.05) is 18.1 Å². The maximum Gasteiger partial charge on any atom is 0.126 e. The number of anilines is 1. The third-order valence-corrected chi connectivity index (χ3v) is 2.58. The lowest BCUT2D eigenvalue weighted by molar-refractivity contribution is 1.09. The zero-order chi connectivity index (χ0) is 9.26. The number of aryl methyl sites for hydroxylation is 1. The molecule has 0 unspecified atom stereocenters. The molecule has 1 aromatic heterocycles. The highest BCUT2D eigenvalue weighted by atomic mass is 35.5. The normalized spacial score (nSPS) is 15.8. The first-order valence-corrected chi connectivity index (χ1v) is 5.11. The van der Waals surface area contributed by atoms with E-state index in [1.54, 1.807) is 0 Å². The Labute approximate surface area is 83.3 Å². The molecule has 1 aliphatic rings. The van der Waals surface area contributed by atoms with Crippen molar-refractivity contribution in [1.82, 2.24) is 4.98 Å². The van der Waals surface area contributed by atoms with Gasteiger partial charge in [-0.25, -0.2) is 4.98 Å². The lowest BCUT2D eigenvalue weighted by Gasteiger charge is -2.06. The van der Waals surface area contributed by atoms with Crippen LogP contribution in [-0.4, -0.2) is 11.0 Å². The van der Waals surface area contributed by atoms with Crippen LogP contribution in [0.5, 0.6) is 0 Å². The van der Waals surface area contributed by atoms with Gasteiger partial charge in [0.2, 0.25) is 0 Å². The topological polar surface area (TPSA) is 24.9 Å². The maximum atomic E-state index is 5.74. The summed E-state index contributed by atoms with van der Waals surface area (Å²) in [6.07, 6.45) is 4.41. The Balaban J connectivity index is 2.13. The van der Waals surface area contributed by atoms with Crippen LogP contribution in [0.2, 0.25) is 0 Å². The van der Waals surface area contributed by atoms with Gasteiger partial charge in [-0.2, -0.15) is 0 Å². The Morgan fingerprint density at radius 2 is 2.38 bits per heavy atom. The van der Waals surface area contributed by atoms with Gasteiger partial charge in [-0.15, -0.1) is 11.6 Å². The van der Waals surface area contributed by atoms with E-state index in [4.69, 9.17) is 11.6 Å². The smallest absolute Gasteiger partial charge is 0.126 e. The molecule has 3 heteroatoms. The number of rotatable bonds is 3. The minimum absolute atomic E-state index is 0.544. The van der Waals surface area contributed by atoms with Gasteiger partial charge >= 0.3 is 0 Å². The summed E-state index contributed by atoms with van der Waals surface area (Å²) in [4.78, 5) is 4.29. The molecular weight excluding hydrogens is 184 g/mol. The Kier molecular flexibility index (Phi) is 2.40. The van der Waals surface area contributed by atoms with Crippen LogP contribution >= 0.6 is 11.6 Å². The molecule has 1 N–H and O–H groups in total. The third kappa shape index (κ3) is 2.13. The van der Waals surface area contributed by atoms with Gasteiger partial charge in [0.1, 0.15) is 5.82 Å². The molecule has 0 spiro atoms. The van der Waals surface area contributed by atoms with Crippen LogP contribution in [0.1, 0.15) is 24.0 Å². The van der Waals surface area contributed by atoms with Crippen molar-refractivity contribution in [3.8, 4) is 0 Å². The Morgan fingerprint density at radius 3 is 2.92 bits per heavy atom. The van der Waals surface area contributed by atoms with Crippen LogP contribution in [-0.2, 0) is 5.88 Å². The Hall–Kier alpha value is -0.760. The first-order chi connectivity index (χ1) is 6.29. The number of alkyl halides is 1. The highest BCUT2D eigenvalue weighted by molar-refractivity contribution is 6.17. The van der Waals surface area contributed by atoms with Crippen molar-refractivity contribution >= 4 is 17.4 Å². The molecule has 0 saturated heterocycles. The summed E-state index contributed by atoms with van der Waals surface area (Å²) < 4.78 is 0. The maximum absolute atomic E-state index is 5.74. The Morgan fingerprint density at radius 1 is 1.62 bits per heavy atom. The lowest BCUT2D eigenvalue weighted by Crippen LogP contribution is -2.03. The van der Waals surface area contributed by atoms with Crippen molar-refractivity contribution in [1.29, 1.82) is 0 Å². The predicted molar refractivity (Wildman–Crippen MR) is 55.2 cm³/mol. The fraction of sp³-hybridized carbons (Fsp3) is 0.500. The van der Waals surface area contributed by atoms with Gasteiger partial charge in [0.25, 0.3) is 0 Å². The number of hydrogen-bond donors (Lipinski definition) is 1. The largest absolute Gasteiger partial charge is 0.367 e. The Bertz CT molecular complexity index is 308. The minimum atomic E-state index is 0.544. The van der Waals surface area contributed by atoms with Crippen LogP contribution in [0, 0.1) is 6.92 Å². The molecule has 0 aromatic carbocycles. The average molecular weight is 197 g/mol. The molecule has 1 aromatic rings. The third-order valence-electron chi connectivity index (χ3n) is 2.29. The zero-order valence-electron chi connectivity index (χ0n) is 7.68. The fourth-order valence-corrected chi connectivity index (χ4v) is 1.52. The highest BCUT2D eigenvalue weighted by Crippen LogP contribution is 2.24. The monoisotopic (exact) mass is 196 g/mol. The number of hydrogen-bond acceptors (Lipinski definition) is 2. The molecule has 1 saturated carbocycles. The van der Waals surface area contributed by atoms with Gasteiger partial charge in [0.15, 0.2) is 0 Å². The molecule has 2 rings (SSSR count). The van der Waals surface area contributed by atoms with Crippen LogP contribution in [0.15, 0.2) is 12.3 Å². The molecular formula is C10H13ClN2. The standard InChI is InChI=1S/C10H13ClN2/c1-7-4-10(13-9-2-3-9)12-6-8(7)5-11/h4,6,9H,2-3,5H2,1H3,(H,12,13). The molecule has 1 heterocycles. The van der Waals surface area contributed by atoms with E-state index in [1.165, 1.54) is 18.4 Å². The van der Waals surface area contributed by atoms with Crippen molar-refractivity contribution in [2.24, 2.45) is 0 Å². The molecule has 0 atom stereocenters. The second-order valence-corrected chi connectivity index (χ2v) is 3.82. The SMILES string of the molecule is Cc1cc(NC2CC2)ncc1CCl. The van der Waals surface area contributed by atoms with Gasteiger partial charge < -0.3 is 5.32 Å². The summed E-state index contributed by atoms with van der Waals surface area (Å²) >= 11 is 5.74. The van der Waals surface area contributed by atoms with Crippen LogP contribution in [0.25, 0.3) is 0 Å². The number of pyridine rings is 1. The van der Waals surface area contributed by atoms with Gasteiger partial charge in [-0.1, -0.05) is 0 Å². The van der Waals surface area contributed by atoms with E-state index in [9.17, 15) is 0 Å². The molecule has 70 valence electrons.